The van der Waals surface area contributed by atoms with E-state index in [9.17, 15) is 9.59 Å². The van der Waals surface area contributed by atoms with Crippen LogP contribution in [0.5, 0.6) is 0 Å². The number of aromatic nitrogens is 4. The molecule has 0 spiro atoms. The van der Waals surface area contributed by atoms with E-state index in [0.717, 1.165) is 11.1 Å². The molecule has 0 aliphatic heterocycles. The van der Waals surface area contributed by atoms with E-state index in [1.165, 1.54) is 4.68 Å². The van der Waals surface area contributed by atoms with Gasteiger partial charge in [-0.15, -0.1) is 0 Å². The molecular formula is C19H20N6O2. The van der Waals surface area contributed by atoms with Crippen LogP contribution in [0.15, 0.2) is 48.9 Å². The molecule has 3 aromatic rings. The molecule has 0 radical (unpaired) electrons. The number of amides is 2. The molecule has 3 heterocycles. The summed E-state index contributed by atoms with van der Waals surface area (Å²) in [7, 11) is 0. The molecule has 0 aromatic carbocycles. The number of hydrogen-bond acceptors (Lipinski definition) is 5. The summed E-state index contributed by atoms with van der Waals surface area (Å²) >= 11 is 0. The molecule has 138 valence electrons. The Balaban J connectivity index is 1.67. The van der Waals surface area contributed by atoms with Crippen LogP contribution >= 0.6 is 0 Å². The molecule has 3 aromatic heterocycles. The second-order valence-corrected chi connectivity index (χ2v) is 6.24. The average Bonchev–Trinajstić information content (AvgIpc) is 3.11. The Kier molecular flexibility index (Phi) is 5.25. The average molecular weight is 364 g/mol. The lowest BCUT2D eigenvalue weighted by atomic mass is 10.3. The molecule has 0 aliphatic rings. The predicted octanol–water partition coefficient (Wildman–Crippen LogP) is 2.74. The van der Waals surface area contributed by atoms with Crippen LogP contribution in [0.2, 0.25) is 0 Å². The molecule has 2 amide bonds. The highest BCUT2D eigenvalue weighted by molar-refractivity contribution is 6.02. The first kappa shape index (κ1) is 18.2. The molecule has 8 nitrogen and oxygen atoms in total. The van der Waals surface area contributed by atoms with E-state index in [0.29, 0.717) is 11.6 Å². The van der Waals surface area contributed by atoms with E-state index in [1.54, 1.807) is 43.7 Å². The van der Waals surface area contributed by atoms with Crippen LogP contribution in [0, 0.1) is 13.8 Å². The summed E-state index contributed by atoms with van der Waals surface area (Å²) < 4.78 is 1.43. The van der Waals surface area contributed by atoms with E-state index < -0.39 is 6.04 Å². The van der Waals surface area contributed by atoms with Crippen molar-refractivity contribution >= 4 is 23.5 Å². The molecule has 0 saturated carbocycles. The minimum Gasteiger partial charge on any atom is -0.309 e. The lowest BCUT2D eigenvalue weighted by molar-refractivity contribution is -0.119. The number of aryl methyl sites for hydroxylation is 2. The number of nitrogens with zero attached hydrogens (tertiary/aromatic N) is 4. The van der Waals surface area contributed by atoms with Gasteiger partial charge in [0.1, 0.15) is 17.7 Å². The van der Waals surface area contributed by atoms with Crippen LogP contribution in [0.4, 0.5) is 11.6 Å². The fourth-order valence-electron chi connectivity index (χ4n) is 2.42. The zero-order chi connectivity index (χ0) is 19.4. The molecule has 0 fully saturated rings. The number of nitrogens with one attached hydrogen (secondary N) is 2. The maximum atomic E-state index is 12.4. The van der Waals surface area contributed by atoms with Gasteiger partial charge in [-0.05, 0) is 62.2 Å². The highest BCUT2D eigenvalue weighted by Gasteiger charge is 2.19. The number of hydrogen-bond donors (Lipinski definition) is 2. The largest absolute Gasteiger partial charge is 0.309 e. The molecular weight excluding hydrogens is 344 g/mol. The number of carbonyl (C=O) groups is 2. The SMILES string of the molecule is Cc1ccnc(NC(=O)c2ccn(C(C)C(=O)Nc3cc(C)ccn3)n2)c1. The Hall–Kier alpha value is -3.55. The van der Waals surface area contributed by atoms with E-state index >= 15 is 0 Å². The van der Waals surface area contributed by atoms with Crippen molar-refractivity contribution < 1.29 is 9.59 Å². The first-order valence-corrected chi connectivity index (χ1v) is 8.45. The summed E-state index contributed by atoms with van der Waals surface area (Å²) in [5.74, 6) is 0.261. The predicted molar refractivity (Wildman–Crippen MR) is 101 cm³/mol. The quantitative estimate of drug-likeness (QED) is 0.725. The van der Waals surface area contributed by atoms with E-state index in [4.69, 9.17) is 0 Å². The van der Waals surface area contributed by atoms with Crippen molar-refractivity contribution in [3.63, 3.8) is 0 Å². The summed E-state index contributed by atoms with van der Waals surface area (Å²) in [6.45, 7) is 5.53. The van der Waals surface area contributed by atoms with Crippen molar-refractivity contribution in [1.29, 1.82) is 0 Å². The van der Waals surface area contributed by atoms with E-state index in [-0.39, 0.29) is 17.5 Å². The molecule has 8 heteroatoms. The molecule has 2 N–H and O–H groups in total. The van der Waals surface area contributed by atoms with Crippen LogP contribution < -0.4 is 10.6 Å². The second-order valence-electron chi connectivity index (χ2n) is 6.24. The van der Waals surface area contributed by atoms with Gasteiger partial charge in [0.15, 0.2) is 5.69 Å². The monoisotopic (exact) mass is 364 g/mol. The second kappa shape index (κ2) is 7.77. The number of carbonyl (C=O) groups excluding carboxylic acids is 2. The lowest BCUT2D eigenvalue weighted by Crippen LogP contribution is -2.25. The van der Waals surface area contributed by atoms with Gasteiger partial charge in [-0.1, -0.05) is 0 Å². The van der Waals surface area contributed by atoms with Gasteiger partial charge in [0, 0.05) is 18.6 Å². The minimum atomic E-state index is -0.606. The van der Waals surface area contributed by atoms with Gasteiger partial charge in [0.05, 0.1) is 0 Å². The molecule has 1 atom stereocenters. The van der Waals surface area contributed by atoms with E-state index in [1.807, 2.05) is 26.0 Å². The number of anilines is 2. The van der Waals surface area contributed by atoms with Crippen molar-refractivity contribution in [1.82, 2.24) is 19.7 Å². The summed E-state index contributed by atoms with van der Waals surface area (Å²) in [6.07, 6.45) is 4.84. The molecule has 0 saturated heterocycles. The topological polar surface area (TPSA) is 102 Å². The lowest BCUT2D eigenvalue weighted by Gasteiger charge is -2.12. The molecule has 1 unspecified atom stereocenters. The highest BCUT2D eigenvalue weighted by atomic mass is 16.2. The van der Waals surface area contributed by atoms with Crippen LogP contribution in [0.25, 0.3) is 0 Å². The van der Waals surface area contributed by atoms with Crippen LogP contribution in [0.1, 0.15) is 34.6 Å². The first-order chi connectivity index (χ1) is 12.9. The molecule has 0 bridgehead atoms. The maximum Gasteiger partial charge on any atom is 0.277 e. The minimum absolute atomic E-state index is 0.201. The van der Waals surface area contributed by atoms with Crippen molar-refractivity contribution in [2.75, 3.05) is 10.6 Å². The third kappa shape index (κ3) is 4.55. The van der Waals surface area contributed by atoms with Crippen molar-refractivity contribution in [3.05, 3.63) is 65.7 Å². The Bertz CT molecular complexity index is 982. The number of rotatable bonds is 5. The van der Waals surface area contributed by atoms with Gasteiger partial charge in [0.25, 0.3) is 5.91 Å². The van der Waals surface area contributed by atoms with Gasteiger partial charge in [0.2, 0.25) is 5.91 Å². The normalized spacial score (nSPS) is 11.7. The molecule has 3 rings (SSSR count). The fraction of sp³-hybridized carbons (Fsp3) is 0.211. The summed E-state index contributed by atoms with van der Waals surface area (Å²) in [6, 6.07) is 8.18. The zero-order valence-corrected chi connectivity index (χ0v) is 15.3. The van der Waals surface area contributed by atoms with Gasteiger partial charge in [-0.2, -0.15) is 5.10 Å². The summed E-state index contributed by atoms with van der Waals surface area (Å²) in [5, 5.41) is 9.64. The molecule has 0 aliphatic carbocycles. The van der Waals surface area contributed by atoms with Crippen LogP contribution in [-0.4, -0.2) is 31.6 Å². The maximum absolute atomic E-state index is 12.4. The Labute approximate surface area is 156 Å². The van der Waals surface area contributed by atoms with Crippen LogP contribution in [-0.2, 0) is 4.79 Å². The summed E-state index contributed by atoms with van der Waals surface area (Å²) in [4.78, 5) is 32.9. The third-order valence-corrected chi connectivity index (χ3v) is 3.94. The standard InChI is InChI=1S/C19H20N6O2/c1-12-4-7-20-16(10-12)22-18(26)14(3)25-9-6-15(24-25)19(27)23-17-11-13(2)5-8-21-17/h4-11,14H,1-3H3,(H,20,22,26)(H,21,23,27). The Morgan fingerprint density at radius 3 is 2.15 bits per heavy atom. The van der Waals surface area contributed by atoms with Crippen molar-refractivity contribution in [2.24, 2.45) is 0 Å². The third-order valence-electron chi connectivity index (χ3n) is 3.94. The zero-order valence-electron chi connectivity index (χ0n) is 15.3. The van der Waals surface area contributed by atoms with Crippen LogP contribution in [0.3, 0.4) is 0 Å². The Morgan fingerprint density at radius 1 is 0.963 bits per heavy atom. The fourth-order valence-corrected chi connectivity index (χ4v) is 2.42. The van der Waals surface area contributed by atoms with Gasteiger partial charge >= 0.3 is 0 Å². The number of pyridine rings is 2. The van der Waals surface area contributed by atoms with Gasteiger partial charge in [-0.25, -0.2) is 9.97 Å². The van der Waals surface area contributed by atoms with E-state index in [2.05, 4.69) is 25.7 Å². The van der Waals surface area contributed by atoms with Gasteiger partial charge in [-0.3, -0.25) is 14.3 Å². The first-order valence-electron chi connectivity index (χ1n) is 8.45. The Morgan fingerprint density at radius 2 is 1.56 bits per heavy atom. The van der Waals surface area contributed by atoms with Crippen molar-refractivity contribution in [3.8, 4) is 0 Å². The van der Waals surface area contributed by atoms with Crippen molar-refractivity contribution in [2.45, 2.75) is 26.8 Å². The molecule has 27 heavy (non-hydrogen) atoms. The highest BCUT2D eigenvalue weighted by Crippen LogP contribution is 2.12. The summed E-state index contributed by atoms with van der Waals surface area (Å²) in [5.41, 5.74) is 2.18. The smallest absolute Gasteiger partial charge is 0.277 e. The van der Waals surface area contributed by atoms with Gasteiger partial charge < -0.3 is 10.6 Å².